The summed E-state index contributed by atoms with van der Waals surface area (Å²) in [4.78, 5) is 4.02. The lowest BCUT2D eigenvalue weighted by molar-refractivity contribution is 0.414. The molecule has 0 bridgehead atoms. The van der Waals surface area contributed by atoms with Gasteiger partial charge in [-0.05, 0) is 24.1 Å². The van der Waals surface area contributed by atoms with E-state index in [1.165, 1.54) is 17.1 Å². The van der Waals surface area contributed by atoms with Gasteiger partial charge in [0, 0.05) is 18.1 Å². The summed E-state index contributed by atoms with van der Waals surface area (Å²) in [6.07, 6.45) is 0.920. The fourth-order valence-corrected chi connectivity index (χ4v) is 1.93. The van der Waals surface area contributed by atoms with Crippen LogP contribution in [0.15, 0.2) is 24.3 Å². The van der Waals surface area contributed by atoms with Crippen molar-refractivity contribution in [2.24, 2.45) is 0 Å². The van der Waals surface area contributed by atoms with Gasteiger partial charge in [0.2, 0.25) is 11.1 Å². The number of ether oxygens (including phenoxy) is 1. The number of hydrogen-bond acceptors (Lipinski definition) is 6. The van der Waals surface area contributed by atoms with Gasteiger partial charge in [-0.3, -0.25) is 0 Å². The van der Waals surface area contributed by atoms with Gasteiger partial charge in [-0.15, -0.1) is 0 Å². The number of benzene rings is 1. The van der Waals surface area contributed by atoms with Gasteiger partial charge in [0.1, 0.15) is 5.75 Å². The number of nitrogens with zero attached hydrogens (tertiary/aromatic N) is 2. The van der Waals surface area contributed by atoms with Crippen molar-refractivity contribution >= 4 is 22.6 Å². The fraction of sp³-hybridized carbons (Fsp3) is 0.273. The summed E-state index contributed by atoms with van der Waals surface area (Å²) in [5.41, 5.74) is 6.67. The number of nitrogens with two attached hydrogens (primary N) is 1. The highest BCUT2D eigenvalue weighted by Gasteiger charge is 1.99. The van der Waals surface area contributed by atoms with E-state index in [-0.39, 0.29) is 0 Å². The van der Waals surface area contributed by atoms with E-state index in [0.29, 0.717) is 5.95 Å². The van der Waals surface area contributed by atoms with E-state index in [1.54, 1.807) is 7.11 Å². The SMILES string of the molecule is COc1ccc(CCNc2nc(N)ns2)cc1. The van der Waals surface area contributed by atoms with Crippen LogP contribution in [0.4, 0.5) is 11.1 Å². The summed E-state index contributed by atoms with van der Waals surface area (Å²) in [7, 11) is 1.66. The standard InChI is InChI=1S/C11H14N4OS/c1-16-9-4-2-8(3-5-9)6-7-13-11-14-10(12)15-17-11/h2-5H,6-7H2,1H3,(H3,12,13,14,15). The Kier molecular flexibility index (Phi) is 3.77. The zero-order valence-corrected chi connectivity index (χ0v) is 10.3. The molecule has 1 heterocycles. The Bertz CT molecular complexity index is 469. The number of aromatic nitrogens is 2. The normalized spacial score (nSPS) is 10.2. The number of nitrogen functional groups attached to an aromatic ring is 1. The molecule has 0 fully saturated rings. The van der Waals surface area contributed by atoms with Crippen LogP contribution in [0.1, 0.15) is 5.56 Å². The van der Waals surface area contributed by atoms with E-state index < -0.39 is 0 Å². The highest BCUT2D eigenvalue weighted by Crippen LogP contribution is 2.13. The molecular formula is C11H14N4OS. The largest absolute Gasteiger partial charge is 0.497 e. The molecule has 0 aliphatic carbocycles. The van der Waals surface area contributed by atoms with Gasteiger partial charge in [-0.2, -0.15) is 9.36 Å². The van der Waals surface area contributed by atoms with Crippen LogP contribution in [0, 0.1) is 0 Å². The molecule has 0 unspecified atom stereocenters. The lowest BCUT2D eigenvalue weighted by Crippen LogP contribution is -2.04. The van der Waals surface area contributed by atoms with Gasteiger partial charge in [0.25, 0.3) is 0 Å². The third-order valence-corrected chi connectivity index (χ3v) is 2.98. The molecule has 0 aliphatic rings. The van der Waals surface area contributed by atoms with Crippen molar-refractivity contribution in [3.63, 3.8) is 0 Å². The van der Waals surface area contributed by atoms with E-state index in [4.69, 9.17) is 10.5 Å². The number of rotatable bonds is 5. The average molecular weight is 250 g/mol. The molecule has 17 heavy (non-hydrogen) atoms. The summed E-state index contributed by atoms with van der Waals surface area (Å²) >= 11 is 1.27. The van der Waals surface area contributed by atoms with Gasteiger partial charge in [-0.25, -0.2) is 0 Å². The van der Waals surface area contributed by atoms with E-state index in [1.807, 2.05) is 12.1 Å². The lowest BCUT2D eigenvalue weighted by atomic mass is 10.1. The van der Waals surface area contributed by atoms with Crippen molar-refractivity contribution < 1.29 is 4.74 Å². The molecular weight excluding hydrogens is 236 g/mol. The average Bonchev–Trinajstić information content (AvgIpc) is 2.76. The zero-order chi connectivity index (χ0) is 12.1. The Balaban J connectivity index is 1.81. The Hall–Kier alpha value is -1.82. The molecule has 2 rings (SSSR count). The van der Waals surface area contributed by atoms with Gasteiger partial charge < -0.3 is 15.8 Å². The van der Waals surface area contributed by atoms with Crippen molar-refractivity contribution in [1.82, 2.24) is 9.36 Å². The van der Waals surface area contributed by atoms with Crippen LogP contribution < -0.4 is 15.8 Å². The Labute approximate surface area is 104 Å². The molecule has 0 saturated carbocycles. The second kappa shape index (κ2) is 5.49. The minimum Gasteiger partial charge on any atom is -0.497 e. The molecule has 0 atom stereocenters. The van der Waals surface area contributed by atoms with E-state index in [0.717, 1.165) is 23.8 Å². The van der Waals surface area contributed by atoms with Crippen LogP contribution in [-0.4, -0.2) is 23.0 Å². The molecule has 5 nitrogen and oxygen atoms in total. The third kappa shape index (κ3) is 3.32. The molecule has 6 heteroatoms. The number of methoxy groups -OCH3 is 1. The molecule has 1 aromatic heterocycles. The Morgan fingerprint density at radius 2 is 2.12 bits per heavy atom. The minimum absolute atomic E-state index is 0.321. The maximum absolute atomic E-state index is 5.43. The van der Waals surface area contributed by atoms with Crippen LogP contribution in [0.3, 0.4) is 0 Å². The van der Waals surface area contributed by atoms with Crippen molar-refractivity contribution in [2.45, 2.75) is 6.42 Å². The number of anilines is 2. The second-order valence-corrected chi connectivity index (χ2v) is 4.23. The zero-order valence-electron chi connectivity index (χ0n) is 9.51. The van der Waals surface area contributed by atoms with Crippen LogP contribution in [-0.2, 0) is 6.42 Å². The first-order valence-electron chi connectivity index (χ1n) is 5.24. The quantitative estimate of drug-likeness (QED) is 0.846. The van der Waals surface area contributed by atoms with Crippen LogP contribution >= 0.6 is 11.5 Å². The number of nitrogens with one attached hydrogen (secondary N) is 1. The van der Waals surface area contributed by atoms with Crippen molar-refractivity contribution in [2.75, 3.05) is 24.7 Å². The monoisotopic (exact) mass is 250 g/mol. The highest BCUT2D eigenvalue weighted by molar-refractivity contribution is 7.09. The summed E-state index contributed by atoms with van der Waals surface area (Å²) < 4.78 is 8.99. The molecule has 90 valence electrons. The van der Waals surface area contributed by atoms with Gasteiger partial charge >= 0.3 is 0 Å². The van der Waals surface area contributed by atoms with Crippen molar-refractivity contribution in [1.29, 1.82) is 0 Å². The molecule has 0 saturated heterocycles. The molecule has 0 amide bonds. The number of hydrogen-bond donors (Lipinski definition) is 2. The fourth-order valence-electron chi connectivity index (χ4n) is 1.41. The molecule has 0 aliphatic heterocycles. The van der Waals surface area contributed by atoms with Gasteiger partial charge in [0.05, 0.1) is 7.11 Å². The smallest absolute Gasteiger partial charge is 0.233 e. The first-order valence-corrected chi connectivity index (χ1v) is 6.01. The van der Waals surface area contributed by atoms with Crippen LogP contribution in [0.2, 0.25) is 0 Å². The van der Waals surface area contributed by atoms with E-state index >= 15 is 0 Å². The Morgan fingerprint density at radius 3 is 2.71 bits per heavy atom. The maximum atomic E-state index is 5.43. The second-order valence-electron chi connectivity index (χ2n) is 3.48. The predicted octanol–water partition coefficient (Wildman–Crippen LogP) is 1.78. The summed E-state index contributed by atoms with van der Waals surface area (Å²) in [5.74, 6) is 1.19. The first-order chi connectivity index (χ1) is 8.28. The molecule has 3 N–H and O–H groups in total. The summed E-state index contributed by atoms with van der Waals surface area (Å²) in [6.45, 7) is 0.807. The first kappa shape index (κ1) is 11.7. The Morgan fingerprint density at radius 1 is 1.35 bits per heavy atom. The maximum Gasteiger partial charge on any atom is 0.233 e. The van der Waals surface area contributed by atoms with Gasteiger partial charge in [-0.1, -0.05) is 12.1 Å². The van der Waals surface area contributed by atoms with E-state index in [9.17, 15) is 0 Å². The summed E-state index contributed by atoms with van der Waals surface area (Å²) in [5, 5.41) is 3.94. The predicted molar refractivity (Wildman–Crippen MR) is 69.5 cm³/mol. The highest BCUT2D eigenvalue weighted by atomic mass is 32.1. The van der Waals surface area contributed by atoms with E-state index in [2.05, 4.69) is 26.8 Å². The minimum atomic E-state index is 0.321. The molecule has 0 radical (unpaired) electrons. The molecule has 2 aromatic rings. The molecule has 0 spiro atoms. The van der Waals surface area contributed by atoms with Crippen molar-refractivity contribution in [3.8, 4) is 5.75 Å². The van der Waals surface area contributed by atoms with Gasteiger partial charge in [0.15, 0.2) is 0 Å². The lowest BCUT2D eigenvalue weighted by Gasteiger charge is -2.04. The topological polar surface area (TPSA) is 73.1 Å². The van der Waals surface area contributed by atoms with Crippen LogP contribution in [0.25, 0.3) is 0 Å². The summed E-state index contributed by atoms with van der Waals surface area (Å²) in [6, 6.07) is 8.01. The molecule has 1 aromatic carbocycles. The van der Waals surface area contributed by atoms with Crippen LogP contribution in [0.5, 0.6) is 5.75 Å². The van der Waals surface area contributed by atoms with Crippen molar-refractivity contribution in [3.05, 3.63) is 29.8 Å². The third-order valence-electron chi connectivity index (χ3n) is 2.29.